The van der Waals surface area contributed by atoms with Crippen molar-refractivity contribution in [3.63, 3.8) is 0 Å². The molecule has 2 aromatic rings. The molecular formula is C24H32N4. The minimum atomic E-state index is 0.150. The van der Waals surface area contributed by atoms with Crippen LogP contribution in [-0.2, 0) is 10.8 Å². The molecule has 0 radical (unpaired) electrons. The van der Waals surface area contributed by atoms with Crippen LogP contribution >= 0.6 is 0 Å². The Labute approximate surface area is 169 Å². The minimum Gasteiger partial charge on any atom is -0.262 e. The first-order valence-electron chi connectivity index (χ1n) is 9.54. The Kier molecular flexibility index (Phi) is 6.79. The highest BCUT2D eigenvalue weighted by atomic mass is 15.4. The lowest BCUT2D eigenvalue weighted by molar-refractivity contribution is 0.590. The normalized spacial score (nSPS) is 12.5. The van der Waals surface area contributed by atoms with Gasteiger partial charge in [0.15, 0.2) is 0 Å². The van der Waals surface area contributed by atoms with Crippen molar-refractivity contribution in [1.29, 1.82) is 0 Å². The molecule has 0 bridgehead atoms. The molecule has 0 amide bonds. The first-order valence-corrected chi connectivity index (χ1v) is 9.54. The lowest BCUT2D eigenvalue weighted by Gasteiger charge is -2.18. The van der Waals surface area contributed by atoms with E-state index in [4.69, 9.17) is 0 Å². The van der Waals surface area contributed by atoms with Gasteiger partial charge in [0, 0.05) is 0 Å². The van der Waals surface area contributed by atoms with Crippen LogP contribution in [0.15, 0.2) is 71.1 Å². The van der Waals surface area contributed by atoms with Crippen LogP contribution in [-0.4, -0.2) is 12.4 Å². The van der Waals surface area contributed by atoms with Crippen molar-refractivity contribution in [2.45, 2.75) is 52.4 Å². The molecule has 0 saturated carbocycles. The van der Waals surface area contributed by atoms with Crippen LogP contribution in [0.4, 0.5) is 0 Å². The monoisotopic (exact) mass is 376 g/mol. The van der Waals surface area contributed by atoms with E-state index in [0.29, 0.717) is 5.82 Å². The quantitative estimate of drug-likeness (QED) is 0.531. The summed E-state index contributed by atoms with van der Waals surface area (Å²) in [6.07, 6.45) is 3.52. The van der Waals surface area contributed by atoms with Crippen molar-refractivity contribution in [1.82, 2.24) is 10.9 Å². The van der Waals surface area contributed by atoms with Gasteiger partial charge < -0.3 is 0 Å². The fraction of sp³-hybridized carbons (Fsp3) is 0.333. The molecule has 0 heterocycles. The van der Waals surface area contributed by atoms with Gasteiger partial charge in [0.2, 0.25) is 0 Å². The average Bonchev–Trinajstić information content (AvgIpc) is 2.61. The molecule has 2 rings (SSSR count). The predicted molar refractivity (Wildman–Crippen MR) is 121 cm³/mol. The third-order valence-corrected chi connectivity index (χ3v) is 4.38. The number of hydrogen-bond acceptors (Lipinski definition) is 4. The minimum absolute atomic E-state index is 0.150. The van der Waals surface area contributed by atoms with E-state index in [0.717, 1.165) is 11.1 Å². The topological polar surface area (TPSA) is 48.8 Å². The smallest absolute Gasteiger partial charge is 0.132 e. The number of hydrazone groups is 2. The molecule has 2 N–H and O–H groups in total. The fourth-order valence-corrected chi connectivity index (χ4v) is 2.53. The lowest BCUT2D eigenvalue weighted by atomic mass is 9.87. The zero-order valence-corrected chi connectivity index (χ0v) is 17.9. The van der Waals surface area contributed by atoms with Crippen LogP contribution in [0, 0.1) is 0 Å². The lowest BCUT2D eigenvalue weighted by Crippen LogP contribution is -2.17. The van der Waals surface area contributed by atoms with E-state index in [1.54, 1.807) is 12.4 Å². The summed E-state index contributed by atoms with van der Waals surface area (Å²) in [6.45, 7) is 17.1. The van der Waals surface area contributed by atoms with E-state index in [2.05, 4.69) is 118 Å². The maximum absolute atomic E-state index is 4.19. The van der Waals surface area contributed by atoms with E-state index in [-0.39, 0.29) is 10.8 Å². The van der Waals surface area contributed by atoms with E-state index >= 15 is 0 Å². The number of nitrogens with one attached hydrogen (secondary N) is 2. The van der Waals surface area contributed by atoms with Gasteiger partial charge in [-0.1, -0.05) is 96.7 Å². The maximum Gasteiger partial charge on any atom is 0.132 e. The van der Waals surface area contributed by atoms with E-state index in [1.165, 1.54) is 11.1 Å². The highest BCUT2D eigenvalue weighted by Gasteiger charge is 2.13. The number of rotatable bonds is 6. The molecule has 0 atom stereocenters. The Balaban J connectivity index is 1.82. The second-order valence-electron chi connectivity index (χ2n) is 8.96. The van der Waals surface area contributed by atoms with Gasteiger partial charge in [-0.05, 0) is 33.1 Å². The molecule has 0 aliphatic heterocycles. The summed E-state index contributed by atoms with van der Waals surface area (Å²) >= 11 is 0. The number of benzene rings is 2. The van der Waals surface area contributed by atoms with E-state index in [9.17, 15) is 0 Å². The molecular weight excluding hydrogens is 344 g/mol. The largest absolute Gasteiger partial charge is 0.262 e. The summed E-state index contributed by atoms with van der Waals surface area (Å²) in [5, 5.41) is 8.37. The van der Waals surface area contributed by atoms with Crippen molar-refractivity contribution in [2.75, 3.05) is 0 Å². The summed E-state index contributed by atoms with van der Waals surface area (Å²) < 4.78 is 0. The molecule has 2 aromatic carbocycles. The molecule has 0 aliphatic rings. The van der Waals surface area contributed by atoms with Gasteiger partial charge in [-0.2, -0.15) is 10.2 Å². The molecule has 0 aromatic heterocycles. The molecule has 0 aliphatic carbocycles. The molecule has 0 saturated heterocycles. The Bertz CT molecular complexity index is 759. The van der Waals surface area contributed by atoms with E-state index < -0.39 is 0 Å². The summed E-state index contributed by atoms with van der Waals surface area (Å²) in [5.74, 6) is 0.505. The van der Waals surface area contributed by atoms with Gasteiger partial charge >= 0.3 is 0 Å². The zero-order valence-electron chi connectivity index (χ0n) is 17.9. The average molecular weight is 377 g/mol. The zero-order chi connectivity index (χ0) is 20.8. The molecule has 4 heteroatoms. The summed E-state index contributed by atoms with van der Waals surface area (Å²) in [7, 11) is 0. The molecule has 148 valence electrons. The summed E-state index contributed by atoms with van der Waals surface area (Å²) in [6, 6.07) is 16.7. The van der Waals surface area contributed by atoms with Crippen molar-refractivity contribution < 1.29 is 0 Å². The molecule has 0 unspecified atom stereocenters. The Hall–Kier alpha value is -2.88. The van der Waals surface area contributed by atoms with Crippen molar-refractivity contribution in [3.8, 4) is 0 Å². The second-order valence-corrected chi connectivity index (χ2v) is 8.96. The highest BCUT2D eigenvalue weighted by Crippen LogP contribution is 2.22. The Morgan fingerprint density at radius 3 is 1.29 bits per heavy atom. The first-order chi connectivity index (χ1) is 13.1. The second kappa shape index (κ2) is 8.87. The van der Waals surface area contributed by atoms with Crippen molar-refractivity contribution in [3.05, 3.63) is 83.2 Å². The van der Waals surface area contributed by atoms with Crippen LogP contribution in [0.5, 0.6) is 0 Å². The molecule has 0 fully saturated rings. The first kappa shape index (κ1) is 21.4. The molecule has 4 nitrogen and oxygen atoms in total. The van der Waals surface area contributed by atoms with Crippen LogP contribution in [0.3, 0.4) is 0 Å². The Morgan fingerprint density at radius 2 is 1.00 bits per heavy atom. The predicted octanol–water partition coefficient (Wildman–Crippen LogP) is 5.30. The van der Waals surface area contributed by atoms with Crippen molar-refractivity contribution in [2.24, 2.45) is 10.2 Å². The third-order valence-electron chi connectivity index (χ3n) is 4.38. The third kappa shape index (κ3) is 6.69. The number of hydrogen-bond donors (Lipinski definition) is 2. The van der Waals surface area contributed by atoms with Gasteiger partial charge in [-0.25, -0.2) is 0 Å². The maximum atomic E-state index is 4.19. The van der Waals surface area contributed by atoms with Gasteiger partial charge in [0.1, 0.15) is 5.82 Å². The highest BCUT2D eigenvalue weighted by molar-refractivity contribution is 5.80. The van der Waals surface area contributed by atoms with Crippen LogP contribution in [0.25, 0.3) is 0 Å². The summed E-state index contributed by atoms with van der Waals surface area (Å²) in [4.78, 5) is 0. The van der Waals surface area contributed by atoms with Crippen LogP contribution in [0.2, 0.25) is 0 Å². The molecule has 0 spiro atoms. The van der Waals surface area contributed by atoms with Gasteiger partial charge in [0.25, 0.3) is 0 Å². The number of nitrogens with zero attached hydrogens (tertiary/aromatic N) is 2. The summed E-state index contributed by atoms with van der Waals surface area (Å²) in [5.41, 5.74) is 10.6. The van der Waals surface area contributed by atoms with Crippen LogP contribution < -0.4 is 10.9 Å². The fourth-order valence-electron chi connectivity index (χ4n) is 2.53. The van der Waals surface area contributed by atoms with Crippen molar-refractivity contribution >= 4 is 12.4 Å². The van der Waals surface area contributed by atoms with Gasteiger partial charge in [-0.15, -0.1) is 0 Å². The van der Waals surface area contributed by atoms with Crippen LogP contribution in [0.1, 0.15) is 63.8 Å². The van der Waals surface area contributed by atoms with Gasteiger partial charge in [0.05, 0.1) is 12.4 Å². The van der Waals surface area contributed by atoms with Gasteiger partial charge in [-0.3, -0.25) is 10.9 Å². The Morgan fingerprint density at radius 1 is 0.679 bits per heavy atom. The SMILES string of the molecule is C=C(N/N=C/c1ccc(C(C)(C)C)cc1)N/N=C/c1ccc(C(C)(C)C)cc1. The standard InChI is InChI=1S/C24H32N4/c1-18(27-25-16-19-8-12-21(13-9-19)23(2,3)4)28-26-17-20-10-14-22(15-11-20)24(5,6)7/h8-17,27-28H,1H2,2-7H3/b25-16+,26-17+. The molecule has 28 heavy (non-hydrogen) atoms. The van der Waals surface area contributed by atoms with E-state index in [1.807, 2.05) is 0 Å².